The first-order valence-corrected chi connectivity index (χ1v) is 7.61. The molecule has 0 aromatic heterocycles. The van der Waals surface area contributed by atoms with Gasteiger partial charge in [0.2, 0.25) is 0 Å². The zero-order valence-electron chi connectivity index (χ0n) is 11.5. The lowest BCUT2D eigenvalue weighted by atomic mass is 9.82. The van der Waals surface area contributed by atoms with E-state index in [-0.39, 0.29) is 5.92 Å². The number of carboxylic acid groups (broad SMARTS) is 1. The van der Waals surface area contributed by atoms with Crippen LogP contribution < -0.4 is 5.32 Å². The lowest BCUT2D eigenvalue weighted by Gasteiger charge is -2.31. The third-order valence-corrected chi connectivity index (χ3v) is 4.91. The van der Waals surface area contributed by atoms with Crippen LogP contribution >= 0.6 is 0 Å². The molecule has 0 amide bonds. The fraction of sp³-hybridized carbons (Fsp3) is 0.933. The van der Waals surface area contributed by atoms with Crippen molar-refractivity contribution in [1.82, 2.24) is 5.32 Å². The molecule has 0 aliphatic heterocycles. The molecule has 104 valence electrons. The molecule has 3 heteroatoms. The van der Waals surface area contributed by atoms with Gasteiger partial charge in [0.25, 0.3) is 0 Å². The quantitative estimate of drug-likeness (QED) is 0.809. The molecule has 0 aromatic rings. The van der Waals surface area contributed by atoms with Crippen molar-refractivity contribution in [3.05, 3.63) is 0 Å². The average Bonchev–Trinajstić information content (AvgIpc) is 2.38. The molecule has 0 unspecified atom stereocenters. The van der Waals surface area contributed by atoms with Crippen LogP contribution in [0.5, 0.6) is 0 Å². The second-order valence-corrected chi connectivity index (χ2v) is 6.42. The third-order valence-electron chi connectivity index (χ3n) is 4.91. The molecule has 0 heterocycles. The van der Waals surface area contributed by atoms with E-state index in [0.29, 0.717) is 6.04 Å². The van der Waals surface area contributed by atoms with Gasteiger partial charge in [-0.2, -0.15) is 0 Å². The molecule has 0 saturated heterocycles. The molecule has 0 aromatic carbocycles. The number of hydrogen-bond acceptors (Lipinski definition) is 2. The maximum atomic E-state index is 10.9. The molecule has 2 aliphatic rings. The summed E-state index contributed by atoms with van der Waals surface area (Å²) in [6.45, 7) is 3.51. The Balaban J connectivity index is 1.62. The van der Waals surface area contributed by atoms with E-state index in [0.717, 1.165) is 44.1 Å². The minimum atomic E-state index is -0.602. The van der Waals surface area contributed by atoms with Crippen LogP contribution in [0, 0.1) is 17.8 Å². The van der Waals surface area contributed by atoms with Crippen molar-refractivity contribution >= 4 is 5.97 Å². The Morgan fingerprint density at radius 2 is 1.67 bits per heavy atom. The topological polar surface area (TPSA) is 49.3 Å². The van der Waals surface area contributed by atoms with Gasteiger partial charge in [0.05, 0.1) is 5.92 Å². The largest absolute Gasteiger partial charge is 0.481 e. The van der Waals surface area contributed by atoms with Gasteiger partial charge in [0.15, 0.2) is 0 Å². The van der Waals surface area contributed by atoms with Crippen molar-refractivity contribution in [2.45, 2.75) is 64.3 Å². The summed E-state index contributed by atoms with van der Waals surface area (Å²) >= 11 is 0. The minimum absolute atomic E-state index is 0.0846. The van der Waals surface area contributed by atoms with Crippen molar-refractivity contribution in [3.8, 4) is 0 Å². The van der Waals surface area contributed by atoms with Gasteiger partial charge in [0, 0.05) is 6.04 Å². The molecule has 2 rings (SSSR count). The zero-order chi connectivity index (χ0) is 13.0. The maximum absolute atomic E-state index is 10.9. The van der Waals surface area contributed by atoms with Crippen LogP contribution in [0.3, 0.4) is 0 Å². The number of hydrogen-bond donors (Lipinski definition) is 2. The summed E-state index contributed by atoms with van der Waals surface area (Å²) in [6.07, 6.45) is 9.32. The van der Waals surface area contributed by atoms with Gasteiger partial charge in [-0.05, 0) is 56.9 Å². The molecule has 2 aliphatic carbocycles. The van der Waals surface area contributed by atoms with E-state index in [2.05, 4.69) is 12.2 Å². The first-order valence-electron chi connectivity index (χ1n) is 7.61. The van der Waals surface area contributed by atoms with Gasteiger partial charge in [0.1, 0.15) is 0 Å². The minimum Gasteiger partial charge on any atom is -0.481 e. The van der Waals surface area contributed by atoms with Crippen molar-refractivity contribution in [3.63, 3.8) is 0 Å². The van der Waals surface area contributed by atoms with E-state index >= 15 is 0 Å². The van der Waals surface area contributed by atoms with Gasteiger partial charge < -0.3 is 10.4 Å². The summed E-state index contributed by atoms with van der Waals surface area (Å²) in [6, 6.07) is 0.569. The van der Waals surface area contributed by atoms with E-state index in [4.69, 9.17) is 5.11 Å². The van der Waals surface area contributed by atoms with Crippen LogP contribution in [0.15, 0.2) is 0 Å². The summed E-state index contributed by atoms with van der Waals surface area (Å²) in [5, 5.41) is 12.6. The first kappa shape index (κ1) is 13.9. The summed E-state index contributed by atoms with van der Waals surface area (Å²) in [4.78, 5) is 10.9. The van der Waals surface area contributed by atoms with Crippen LogP contribution in [0.4, 0.5) is 0 Å². The van der Waals surface area contributed by atoms with E-state index in [1.807, 2.05) is 0 Å². The van der Waals surface area contributed by atoms with E-state index in [1.54, 1.807) is 0 Å². The Labute approximate surface area is 110 Å². The Morgan fingerprint density at radius 1 is 1.06 bits per heavy atom. The van der Waals surface area contributed by atoms with Gasteiger partial charge >= 0.3 is 5.97 Å². The molecule has 18 heavy (non-hydrogen) atoms. The number of nitrogens with one attached hydrogen (secondary N) is 1. The predicted molar refractivity (Wildman–Crippen MR) is 72.5 cm³/mol. The second kappa shape index (κ2) is 6.55. The highest BCUT2D eigenvalue weighted by atomic mass is 16.4. The van der Waals surface area contributed by atoms with Crippen molar-refractivity contribution in [2.24, 2.45) is 17.8 Å². The normalized spacial score (nSPS) is 37.4. The van der Waals surface area contributed by atoms with Crippen LogP contribution in [-0.4, -0.2) is 23.7 Å². The standard InChI is InChI=1S/C15H27NO2/c1-11-2-4-12(5-3-11)10-16-14-8-6-13(7-9-14)15(17)18/h11-14,16H,2-10H2,1H3,(H,17,18). The smallest absolute Gasteiger partial charge is 0.306 e. The SMILES string of the molecule is CC1CCC(CNC2CCC(C(=O)O)CC2)CC1. The highest BCUT2D eigenvalue weighted by Crippen LogP contribution is 2.29. The van der Waals surface area contributed by atoms with Gasteiger partial charge in [-0.15, -0.1) is 0 Å². The third kappa shape index (κ3) is 3.98. The Kier molecular flexibility index (Phi) is 5.04. The molecule has 0 atom stereocenters. The molecule has 0 spiro atoms. The molecule has 2 saturated carbocycles. The van der Waals surface area contributed by atoms with Crippen LogP contribution in [0.25, 0.3) is 0 Å². The molecule has 3 nitrogen and oxygen atoms in total. The second-order valence-electron chi connectivity index (χ2n) is 6.42. The van der Waals surface area contributed by atoms with Crippen molar-refractivity contribution < 1.29 is 9.90 Å². The molecule has 2 N–H and O–H groups in total. The predicted octanol–water partition coefficient (Wildman–Crippen LogP) is 3.05. The van der Waals surface area contributed by atoms with Gasteiger partial charge in [-0.25, -0.2) is 0 Å². The highest BCUT2D eigenvalue weighted by Gasteiger charge is 2.26. The Morgan fingerprint density at radius 3 is 2.22 bits per heavy atom. The monoisotopic (exact) mass is 253 g/mol. The van der Waals surface area contributed by atoms with Gasteiger partial charge in [-0.1, -0.05) is 19.8 Å². The molecule has 0 bridgehead atoms. The average molecular weight is 253 g/mol. The lowest BCUT2D eigenvalue weighted by Crippen LogP contribution is -2.38. The van der Waals surface area contributed by atoms with E-state index in [9.17, 15) is 4.79 Å². The van der Waals surface area contributed by atoms with Crippen LogP contribution in [0.2, 0.25) is 0 Å². The summed E-state index contributed by atoms with van der Waals surface area (Å²) < 4.78 is 0. The molecule has 0 radical (unpaired) electrons. The molecular formula is C15H27NO2. The van der Waals surface area contributed by atoms with E-state index < -0.39 is 5.97 Å². The fourth-order valence-corrected chi connectivity index (χ4v) is 3.41. The van der Waals surface area contributed by atoms with Crippen LogP contribution in [-0.2, 0) is 4.79 Å². The van der Waals surface area contributed by atoms with Crippen LogP contribution in [0.1, 0.15) is 58.3 Å². The number of rotatable bonds is 4. The number of carboxylic acids is 1. The van der Waals surface area contributed by atoms with E-state index in [1.165, 1.54) is 25.7 Å². The lowest BCUT2D eigenvalue weighted by molar-refractivity contribution is -0.142. The van der Waals surface area contributed by atoms with Crippen molar-refractivity contribution in [1.29, 1.82) is 0 Å². The Hall–Kier alpha value is -0.570. The number of carbonyl (C=O) groups is 1. The summed E-state index contributed by atoms with van der Waals surface area (Å²) in [7, 11) is 0. The molecule has 2 fully saturated rings. The Bertz CT molecular complexity index is 264. The maximum Gasteiger partial charge on any atom is 0.306 e. The summed E-state index contributed by atoms with van der Waals surface area (Å²) in [5.74, 6) is 1.10. The number of aliphatic carboxylic acids is 1. The first-order chi connectivity index (χ1) is 8.65. The highest BCUT2D eigenvalue weighted by molar-refractivity contribution is 5.70. The van der Waals surface area contributed by atoms with Crippen molar-refractivity contribution in [2.75, 3.05) is 6.54 Å². The fourth-order valence-electron chi connectivity index (χ4n) is 3.41. The van der Waals surface area contributed by atoms with Gasteiger partial charge in [-0.3, -0.25) is 4.79 Å². The molecular weight excluding hydrogens is 226 g/mol. The zero-order valence-corrected chi connectivity index (χ0v) is 11.5. The summed E-state index contributed by atoms with van der Waals surface area (Å²) in [5.41, 5.74) is 0.